The van der Waals surface area contributed by atoms with Gasteiger partial charge in [-0.2, -0.15) is 0 Å². The Morgan fingerprint density at radius 2 is 1.90 bits per heavy atom. The van der Waals surface area contributed by atoms with E-state index < -0.39 is 0 Å². The maximum atomic E-state index is 10.5. The van der Waals surface area contributed by atoms with Crippen LogP contribution in [0.2, 0.25) is 0 Å². The van der Waals surface area contributed by atoms with Crippen LogP contribution in [-0.4, -0.2) is 11.6 Å². The van der Waals surface area contributed by atoms with E-state index in [4.69, 9.17) is 0 Å². The minimum Gasteiger partial charge on any atom is -0.358 e. The molecule has 0 aliphatic heterocycles. The molecule has 56 valence electrons. The molecule has 2 nitrogen and oxygen atoms in total. The summed E-state index contributed by atoms with van der Waals surface area (Å²) in [7, 11) is 0. The van der Waals surface area contributed by atoms with Crippen LogP contribution in [0, 0.1) is 20.3 Å². The number of hydrogen-bond acceptors (Lipinski definition) is 2. The molecule has 10 heavy (non-hydrogen) atoms. The summed E-state index contributed by atoms with van der Waals surface area (Å²) in [6.45, 7) is 3.50. The van der Waals surface area contributed by atoms with Crippen LogP contribution < -0.4 is 0 Å². The van der Waals surface area contributed by atoms with E-state index in [9.17, 15) is 9.59 Å². The van der Waals surface area contributed by atoms with Crippen molar-refractivity contribution in [3.63, 3.8) is 0 Å². The predicted octanol–water partition coefficient (Wildman–Crippen LogP) is 0.816. The number of ketones is 2. The molecule has 1 atom stereocenters. The monoisotopic (exact) mass is 310 g/mol. The summed E-state index contributed by atoms with van der Waals surface area (Å²) < 4.78 is 0. The predicted molar refractivity (Wildman–Crippen MR) is 34.5 cm³/mol. The third-order valence-electron chi connectivity index (χ3n) is 1.30. The first kappa shape index (κ1) is 12.7. The molecule has 0 saturated heterocycles. The minimum atomic E-state index is -0.248. The Morgan fingerprint density at radius 1 is 1.40 bits per heavy atom. The topological polar surface area (TPSA) is 34.1 Å². The van der Waals surface area contributed by atoms with E-state index in [1.807, 2.05) is 0 Å². The quantitative estimate of drug-likeness (QED) is 0.490. The maximum Gasteiger partial charge on any atom is 2.00 e. The Kier molecular flexibility index (Phi) is 6.07. The van der Waals surface area contributed by atoms with Crippen LogP contribution in [0.1, 0.15) is 12.8 Å². The van der Waals surface area contributed by atoms with Gasteiger partial charge >= 0.3 is 21.1 Å². The molecule has 0 radical (unpaired) electrons. The first-order valence-electron chi connectivity index (χ1n) is 2.57. The van der Waals surface area contributed by atoms with Gasteiger partial charge in [0.2, 0.25) is 0 Å². The van der Waals surface area contributed by atoms with Crippen molar-refractivity contribution in [1.29, 1.82) is 0 Å². The van der Waals surface area contributed by atoms with Crippen LogP contribution in [-0.2, 0) is 30.7 Å². The second-order valence-electron chi connectivity index (χ2n) is 2.08. The second kappa shape index (κ2) is 4.78. The van der Waals surface area contributed by atoms with Crippen molar-refractivity contribution in [2.24, 2.45) is 5.92 Å². The molecule has 1 aliphatic carbocycles. The summed E-state index contributed by atoms with van der Waals surface area (Å²) in [5.74, 6) is -0.215. The van der Waals surface area contributed by atoms with E-state index in [1.54, 1.807) is 0 Å². The molecular weight excluding hydrogens is 300 g/mol. The molecule has 0 N–H and O–H groups in total. The summed E-state index contributed by atoms with van der Waals surface area (Å²) in [6, 6.07) is 0. The number of carbonyl (C=O) groups is 2. The van der Waals surface area contributed by atoms with Crippen molar-refractivity contribution in [2.75, 3.05) is 0 Å². The molecule has 0 amide bonds. The van der Waals surface area contributed by atoms with Gasteiger partial charge in [-0.05, 0) is 6.42 Å². The largest absolute Gasteiger partial charge is 2.00 e. The van der Waals surface area contributed by atoms with Gasteiger partial charge in [0.1, 0.15) is 11.6 Å². The zero-order valence-electron chi connectivity index (χ0n) is 5.92. The Bertz CT molecular complexity index is 143. The first-order valence-corrected chi connectivity index (χ1v) is 2.57. The van der Waals surface area contributed by atoms with Crippen molar-refractivity contribution in [3.05, 3.63) is 14.4 Å². The molecule has 0 bridgehead atoms. The molecule has 0 heterocycles. The Balaban J connectivity index is 0. The normalized spacial score (nSPS) is 23.5. The van der Waals surface area contributed by atoms with Crippen molar-refractivity contribution >= 4 is 11.6 Å². The Hall–Kier alpha value is 0.0283. The van der Waals surface area contributed by atoms with Crippen LogP contribution in [0.15, 0.2) is 0 Å². The van der Waals surface area contributed by atoms with Gasteiger partial charge in [0.05, 0.1) is 6.42 Å². The van der Waals surface area contributed by atoms with E-state index in [1.165, 1.54) is 0 Å². The van der Waals surface area contributed by atoms with Gasteiger partial charge in [-0.3, -0.25) is 4.79 Å². The third kappa shape index (κ3) is 2.74. The van der Waals surface area contributed by atoms with E-state index in [2.05, 4.69) is 6.92 Å². The van der Waals surface area contributed by atoms with Gasteiger partial charge in [-0.1, -0.05) is 0 Å². The summed E-state index contributed by atoms with van der Waals surface area (Å²) in [5.41, 5.74) is 0. The zero-order valence-corrected chi connectivity index (χ0v) is 8.86. The fraction of sp³-hybridized carbons (Fsp3) is 0.429. The van der Waals surface area contributed by atoms with Gasteiger partial charge < -0.3 is 19.1 Å². The SMILES string of the molecule is [CH2-]C1CC(=O)CC1=O.[CH3-].[W+2]. The van der Waals surface area contributed by atoms with Crippen LogP contribution in [0.4, 0.5) is 0 Å². The molecule has 0 aromatic rings. The summed E-state index contributed by atoms with van der Waals surface area (Å²) >= 11 is 0. The molecule has 3 heteroatoms. The van der Waals surface area contributed by atoms with Crippen LogP contribution in [0.5, 0.6) is 0 Å². The number of Topliss-reactive ketones (excluding diaryl/α,β-unsaturated/α-hetero) is 2. The zero-order chi connectivity index (χ0) is 6.15. The van der Waals surface area contributed by atoms with E-state index >= 15 is 0 Å². The molecule has 1 aliphatic rings. The summed E-state index contributed by atoms with van der Waals surface area (Å²) in [6.07, 6.45) is 0.479. The first-order chi connectivity index (χ1) is 3.70. The molecule has 0 spiro atoms. The molecule has 0 aromatic carbocycles. The average molecular weight is 310 g/mol. The van der Waals surface area contributed by atoms with Gasteiger partial charge in [0.15, 0.2) is 0 Å². The summed E-state index contributed by atoms with van der Waals surface area (Å²) in [5, 5.41) is 0. The molecule has 1 unspecified atom stereocenters. The van der Waals surface area contributed by atoms with Crippen molar-refractivity contribution < 1.29 is 30.7 Å². The molecule has 1 fully saturated rings. The van der Waals surface area contributed by atoms with Crippen molar-refractivity contribution in [2.45, 2.75) is 12.8 Å². The van der Waals surface area contributed by atoms with Gasteiger partial charge in [0.25, 0.3) is 0 Å². The van der Waals surface area contributed by atoms with Gasteiger partial charge in [0, 0.05) is 0 Å². The fourth-order valence-corrected chi connectivity index (χ4v) is 0.799. The van der Waals surface area contributed by atoms with Gasteiger partial charge in [-0.25, -0.2) is 0 Å². The van der Waals surface area contributed by atoms with Gasteiger partial charge in [-0.15, -0.1) is 5.92 Å². The van der Waals surface area contributed by atoms with Crippen molar-refractivity contribution in [3.8, 4) is 0 Å². The minimum absolute atomic E-state index is 0. The fourth-order valence-electron chi connectivity index (χ4n) is 0.799. The number of rotatable bonds is 0. The maximum absolute atomic E-state index is 10.5. The van der Waals surface area contributed by atoms with E-state index in [-0.39, 0.29) is 52.4 Å². The Labute approximate surface area is 75.6 Å². The molecule has 1 saturated carbocycles. The van der Waals surface area contributed by atoms with Crippen LogP contribution in [0.3, 0.4) is 0 Å². The second-order valence-corrected chi connectivity index (χ2v) is 2.08. The van der Waals surface area contributed by atoms with Crippen LogP contribution in [0.25, 0.3) is 0 Å². The van der Waals surface area contributed by atoms with E-state index in [0.717, 1.165) is 0 Å². The smallest absolute Gasteiger partial charge is 0.358 e. The van der Waals surface area contributed by atoms with E-state index in [0.29, 0.717) is 6.42 Å². The molecule has 1 rings (SSSR count). The average Bonchev–Trinajstić information content (AvgIpc) is 1.85. The number of hydrogen-bond donors (Lipinski definition) is 0. The number of carbonyl (C=O) groups excluding carboxylic acids is 2. The Morgan fingerprint density at radius 3 is 2.00 bits per heavy atom. The summed E-state index contributed by atoms with van der Waals surface area (Å²) in [4.78, 5) is 20.9. The third-order valence-corrected chi connectivity index (χ3v) is 1.30. The molecular formula is C7H10O2W. The molecule has 0 aromatic heterocycles. The van der Waals surface area contributed by atoms with Crippen LogP contribution >= 0.6 is 0 Å². The van der Waals surface area contributed by atoms with Crippen molar-refractivity contribution in [1.82, 2.24) is 0 Å². The standard InChI is InChI=1S/C6H7O2.CH3.W/c1-4-2-5(7)3-6(4)8;;/h4H,1-3H2;1H3;/q2*-1;+2.